The molecule has 6 nitrogen and oxygen atoms in total. The first-order chi connectivity index (χ1) is 15.2. The summed E-state index contributed by atoms with van der Waals surface area (Å²) in [6.07, 6.45) is 11.0. The minimum absolute atomic E-state index is 0.0747. The van der Waals surface area contributed by atoms with Crippen LogP contribution in [0.1, 0.15) is 76.2 Å². The Morgan fingerprint density at radius 2 is 2.13 bits per heavy atom. The van der Waals surface area contributed by atoms with Crippen LogP contribution in [0.2, 0.25) is 0 Å². The number of aryl methyl sites for hydroxylation is 1. The Bertz CT molecular complexity index is 562. The van der Waals surface area contributed by atoms with Gasteiger partial charge in [0.2, 0.25) is 0 Å². The Morgan fingerprint density at radius 3 is 2.87 bits per heavy atom. The van der Waals surface area contributed by atoms with Crippen LogP contribution in [0.4, 0.5) is 0 Å². The number of hydrogen-bond donors (Lipinski definition) is 2. The van der Waals surface area contributed by atoms with Crippen molar-refractivity contribution in [2.45, 2.75) is 95.5 Å². The Labute approximate surface area is 191 Å². The number of rotatable bonds is 17. The van der Waals surface area contributed by atoms with E-state index in [4.69, 9.17) is 9.47 Å². The van der Waals surface area contributed by atoms with Gasteiger partial charge in [-0.05, 0) is 80.3 Å². The number of carbonyl (C=O) groups is 1. The Hall–Kier alpha value is -0.990. The van der Waals surface area contributed by atoms with E-state index in [9.17, 15) is 9.90 Å². The molecule has 2 rings (SSSR count). The molecule has 1 aromatic heterocycles. The van der Waals surface area contributed by atoms with Crippen LogP contribution in [0.25, 0.3) is 0 Å². The molecule has 0 radical (unpaired) electrons. The maximum Gasteiger partial charge on any atom is 0.305 e. The molecule has 0 aliphatic carbocycles. The topological polar surface area (TPSA) is 77.0 Å². The van der Waals surface area contributed by atoms with Crippen molar-refractivity contribution in [2.75, 3.05) is 26.9 Å². The van der Waals surface area contributed by atoms with Gasteiger partial charge in [-0.25, -0.2) is 0 Å². The highest BCUT2D eigenvalue weighted by Crippen LogP contribution is 2.16. The SMILES string of the molecule is COC(=O)CCCCCCC(COC1CCCCO1)NCCC(O)CCc1ccsc1. The number of thiophene rings is 1. The van der Waals surface area contributed by atoms with E-state index in [1.807, 2.05) is 0 Å². The summed E-state index contributed by atoms with van der Waals surface area (Å²) in [5.41, 5.74) is 1.31. The van der Waals surface area contributed by atoms with Crippen LogP contribution in [0.3, 0.4) is 0 Å². The summed E-state index contributed by atoms with van der Waals surface area (Å²) in [6, 6.07) is 2.39. The number of aliphatic hydroxyl groups is 1. The number of unbranched alkanes of at least 4 members (excludes halogenated alkanes) is 3. The second kappa shape index (κ2) is 16.6. The molecule has 31 heavy (non-hydrogen) atoms. The van der Waals surface area contributed by atoms with Gasteiger partial charge in [0.15, 0.2) is 6.29 Å². The fraction of sp³-hybridized carbons (Fsp3) is 0.792. The summed E-state index contributed by atoms with van der Waals surface area (Å²) in [7, 11) is 1.44. The van der Waals surface area contributed by atoms with Crippen LogP contribution < -0.4 is 5.32 Å². The maximum atomic E-state index is 11.2. The molecular weight excluding hydrogens is 414 g/mol. The monoisotopic (exact) mass is 455 g/mol. The summed E-state index contributed by atoms with van der Waals surface area (Å²) in [6.45, 7) is 2.21. The molecule has 1 saturated heterocycles. The fourth-order valence-electron chi connectivity index (χ4n) is 3.79. The molecule has 1 aliphatic heterocycles. The molecule has 3 unspecified atom stereocenters. The van der Waals surface area contributed by atoms with E-state index in [1.165, 1.54) is 19.1 Å². The van der Waals surface area contributed by atoms with Gasteiger partial charge >= 0.3 is 5.97 Å². The summed E-state index contributed by atoms with van der Waals surface area (Å²) < 4.78 is 16.4. The third-order valence-electron chi connectivity index (χ3n) is 5.79. The lowest BCUT2D eigenvalue weighted by atomic mass is 10.1. The van der Waals surface area contributed by atoms with Gasteiger partial charge in [0.25, 0.3) is 0 Å². The molecule has 0 aromatic carbocycles. The van der Waals surface area contributed by atoms with Crippen molar-refractivity contribution < 1.29 is 24.1 Å². The van der Waals surface area contributed by atoms with Gasteiger partial charge in [-0.1, -0.05) is 19.3 Å². The maximum absolute atomic E-state index is 11.2. The molecule has 178 valence electrons. The lowest BCUT2D eigenvalue weighted by molar-refractivity contribution is -0.166. The fourth-order valence-corrected chi connectivity index (χ4v) is 4.50. The van der Waals surface area contributed by atoms with E-state index in [1.54, 1.807) is 11.3 Å². The van der Waals surface area contributed by atoms with Crippen molar-refractivity contribution >= 4 is 17.3 Å². The van der Waals surface area contributed by atoms with Crippen molar-refractivity contribution in [3.05, 3.63) is 22.4 Å². The molecule has 1 aromatic rings. The van der Waals surface area contributed by atoms with Crippen LogP contribution in [-0.4, -0.2) is 56.4 Å². The first-order valence-corrected chi connectivity index (χ1v) is 12.8. The van der Waals surface area contributed by atoms with Gasteiger partial charge in [-0.2, -0.15) is 11.3 Å². The van der Waals surface area contributed by atoms with Crippen LogP contribution in [0.15, 0.2) is 16.8 Å². The Kier molecular flexibility index (Phi) is 14.1. The highest BCUT2D eigenvalue weighted by Gasteiger charge is 2.17. The average Bonchev–Trinajstić information content (AvgIpc) is 3.32. The Balaban J connectivity index is 1.62. The van der Waals surface area contributed by atoms with Gasteiger partial charge in [0.1, 0.15) is 0 Å². The molecule has 0 bridgehead atoms. The standard InChI is InChI=1S/C24H41NO5S/c1-28-23(27)9-5-3-2-4-8-21(18-30-24-10-6-7-16-29-24)25-15-13-22(26)12-11-20-14-17-31-19-20/h14,17,19,21-22,24-26H,2-13,15-16,18H2,1H3. The number of ether oxygens (including phenoxy) is 3. The molecule has 1 fully saturated rings. The molecule has 7 heteroatoms. The second-order valence-electron chi connectivity index (χ2n) is 8.42. The summed E-state index contributed by atoms with van der Waals surface area (Å²) in [5, 5.41) is 18.1. The van der Waals surface area contributed by atoms with Crippen molar-refractivity contribution in [2.24, 2.45) is 0 Å². The zero-order valence-corrected chi connectivity index (χ0v) is 19.9. The minimum atomic E-state index is -0.283. The van der Waals surface area contributed by atoms with E-state index < -0.39 is 0 Å². The van der Waals surface area contributed by atoms with Gasteiger partial charge in [0, 0.05) is 19.1 Å². The summed E-state index contributed by atoms with van der Waals surface area (Å²) in [5.74, 6) is -0.127. The number of methoxy groups -OCH3 is 1. The number of carbonyl (C=O) groups excluding carboxylic acids is 1. The number of aliphatic hydroxyl groups excluding tert-OH is 1. The molecule has 0 spiro atoms. The summed E-state index contributed by atoms with van der Waals surface area (Å²) in [4.78, 5) is 11.2. The van der Waals surface area contributed by atoms with E-state index >= 15 is 0 Å². The molecule has 0 saturated carbocycles. The number of hydrogen-bond acceptors (Lipinski definition) is 7. The molecule has 2 heterocycles. The quantitative estimate of drug-likeness (QED) is 0.267. The van der Waals surface area contributed by atoms with E-state index in [0.717, 1.165) is 77.4 Å². The molecular formula is C24H41NO5S. The van der Waals surface area contributed by atoms with Crippen molar-refractivity contribution in [1.82, 2.24) is 5.32 Å². The first-order valence-electron chi connectivity index (χ1n) is 11.9. The minimum Gasteiger partial charge on any atom is -0.469 e. The zero-order chi connectivity index (χ0) is 22.2. The number of nitrogens with one attached hydrogen (secondary N) is 1. The molecule has 2 N–H and O–H groups in total. The van der Waals surface area contributed by atoms with Crippen molar-refractivity contribution in [1.29, 1.82) is 0 Å². The molecule has 0 amide bonds. The Morgan fingerprint density at radius 1 is 1.26 bits per heavy atom. The van der Waals surface area contributed by atoms with Gasteiger partial charge < -0.3 is 24.6 Å². The normalized spacial score (nSPS) is 18.6. The largest absolute Gasteiger partial charge is 0.469 e. The van der Waals surface area contributed by atoms with Crippen LogP contribution in [-0.2, 0) is 25.4 Å². The van der Waals surface area contributed by atoms with E-state index in [0.29, 0.717) is 13.0 Å². The van der Waals surface area contributed by atoms with Gasteiger partial charge in [-0.15, -0.1) is 0 Å². The van der Waals surface area contributed by atoms with Gasteiger partial charge in [0.05, 0.1) is 19.8 Å². The van der Waals surface area contributed by atoms with Crippen molar-refractivity contribution in [3.63, 3.8) is 0 Å². The zero-order valence-electron chi connectivity index (χ0n) is 19.1. The molecule has 1 aliphatic rings. The third kappa shape index (κ3) is 12.6. The highest BCUT2D eigenvalue weighted by molar-refractivity contribution is 7.07. The van der Waals surface area contributed by atoms with Crippen LogP contribution in [0, 0.1) is 0 Å². The van der Waals surface area contributed by atoms with Gasteiger partial charge in [-0.3, -0.25) is 4.79 Å². The predicted molar refractivity (Wildman–Crippen MR) is 124 cm³/mol. The lowest BCUT2D eigenvalue weighted by Crippen LogP contribution is -2.37. The van der Waals surface area contributed by atoms with Crippen LogP contribution >= 0.6 is 11.3 Å². The van der Waals surface area contributed by atoms with Crippen LogP contribution in [0.5, 0.6) is 0 Å². The highest BCUT2D eigenvalue weighted by atomic mass is 32.1. The average molecular weight is 456 g/mol. The van der Waals surface area contributed by atoms with Crippen molar-refractivity contribution in [3.8, 4) is 0 Å². The number of esters is 1. The smallest absolute Gasteiger partial charge is 0.305 e. The molecule has 3 atom stereocenters. The van der Waals surface area contributed by atoms with E-state index in [-0.39, 0.29) is 24.4 Å². The predicted octanol–water partition coefficient (Wildman–Crippen LogP) is 4.45. The first kappa shape index (κ1) is 26.3. The summed E-state index contributed by atoms with van der Waals surface area (Å²) >= 11 is 1.70. The second-order valence-corrected chi connectivity index (χ2v) is 9.20. The third-order valence-corrected chi connectivity index (χ3v) is 6.52. The van der Waals surface area contributed by atoms with E-state index in [2.05, 4.69) is 26.9 Å². The lowest BCUT2D eigenvalue weighted by Gasteiger charge is -2.26.